The Hall–Kier alpha value is -1.67. The van der Waals surface area contributed by atoms with Gasteiger partial charge in [-0.1, -0.05) is 36.4 Å². The third-order valence-electron chi connectivity index (χ3n) is 3.30. The van der Waals surface area contributed by atoms with E-state index in [-0.39, 0.29) is 6.04 Å². The average molecular weight is 240 g/mol. The summed E-state index contributed by atoms with van der Waals surface area (Å²) in [5.41, 5.74) is 11.7. The average Bonchev–Trinajstić information content (AvgIpc) is 2.34. The highest BCUT2D eigenvalue weighted by molar-refractivity contribution is 6.00. The van der Waals surface area contributed by atoms with E-state index in [9.17, 15) is 0 Å². The Labute approximate surface area is 109 Å². The van der Waals surface area contributed by atoms with E-state index in [1.165, 1.54) is 16.7 Å². The van der Waals surface area contributed by atoms with Crippen LogP contribution in [0.15, 0.2) is 47.0 Å². The first-order valence-electron chi connectivity index (χ1n) is 6.33. The number of nitrogens with zero attached hydrogens (tertiary/aromatic N) is 1. The van der Waals surface area contributed by atoms with Crippen LogP contribution in [0.1, 0.15) is 24.5 Å². The molecule has 0 radical (unpaired) electrons. The Balaban J connectivity index is 2.34. The first-order valence-corrected chi connectivity index (χ1v) is 6.33. The van der Waals surface area contributed by atoms with Crippen LogP contribution in [0.4, 0.5) is 5.69 Å². The third kappa shape index (κ3) is 2.77. The van der Waals surface area contributed by atoms with E-state index in [0.29, 0.717) is 0 Å². The summed E-state index contributed by atoms with van der Waals surface area (Å²) < 4.78 is 0. The quantitative estimate of drug-likeness (QED) is 0.788. The molecule has 0 fully saturated rings. The molecule has 0 amide bonds. The fourth-order valence-electron chi connectivity index (χ4n) is 2.19. The molecule has 0 aromatic heterocycles. The van der Waals surface area contributed by atoms with E-state index in [1.807, 2.05) is 12.2 Å². The second-order valence-corrected chi connectivity index (χ2v) is 4.88. The lowest BCUT2D eigenvalue weighted by Gasteiger charge is -2.15. The fraction of sp³-hybridized carbons (Fsp3) is 0.312. The number of hydrogen-bond acceptors (Lipinski definition) is 2. The molecular weight excluding hydrogens is 220 g/mol. The first-order chi connectivity index (χ1) is 8.58. The molecule has 0 aliphatic heterocycles. The summed E-state index contributed by atoms with van der Waals surface area (Å²) in [6.45, 7) is 6.25. The maximum absolute atomic E-state index is 5.93. The highest BCUT2D eigenvalue weighted by atomic mass is 14.8. The summed E-state index contributed by atoms with van der Waals surface area (Å²) in [5, 5.41) is 0. The zero-order chi connectivity index (χ0) is 13.1. The standard InChI is InChI=1S/C16H20N2/c1-11-6-4-7-12(2)16(11)18-13(3)14-8-5-9-15(17)10-14/h4-9,15H,10,17H2,1-3H3/b18-13+. The van der Waals surface area contributed by atoms with E-state index in [4.69, 9.17) is 10.7 Å². The zero-order valence-corrected chi connectivity index (χ0v) is 11.3. The SMILES string of the molecule is C/C(=N\c1c(C)cccc1C)C1=CC=CC(N)C1. The van der Waals surface area contributed by atoms with E-state index in [0.717, 1.165) is 17.8 Å². The van der Waals surface area contributed by atoms with Crippen molar-refractivity contribution < 1.29 is 0 Å². The lowest BCUT2D eigenvalue weighted by Crippen LogP contribution is -2.21. The molecule has 1 aromatic carbocycles. The van der Waals surface area contributed by atoms with Gasteiger partial charge < -0.3 is 5.73 Å². The van der Waals surface area contributed by atoms with E-state index >= 15 is 0 Å². The summed E-state index contributed by atoms with van der Waals surface area (Å²) in [5.74, 6) is 0. The van der Waals surface area contributed by atoms with Crippen molar-refractivity contribution in [2.75, 3.05) is 0 Å². The molecule has 1 atom stereocenters. The predicted molar refractivity (Wildman–Crippen MR) is 78.5 cm³/mol. The monoisotopic (exact) mass is 240 g/mol. The molecule has 2 N–H and O–H groups in total. The van der Waals surface area contributed by atoms with Crippen molar-refractivity contribution in [3.63, 3.8) is 0 Å². The van der Waals surface area contributed by atoms with Gasteiger partial charge in [0.05, 0.1) is 5.69 Å². The molecule has 0 heterocycles. The minimum Gasteiger partial charge on any atom is -0.324 e. The summed E-state index contributed by atoms with van der Waals surface area (Å²) in [7, 11) is 0. The zero-order valence-electron chi connectivity index (χ0n) is 11.3. The van der Waals surface area contributed by atoms with E-state index in [1.54, 1.807) is 0 Å². The van der Waals surface area contributed by atoms with Gasteiger partial charge in [0.2, 0.25) is 0 Å². The highest BCUT2D eigenvalue weighted by Crippen LogP contribution is 2.25. The second kappa shape index (κ2) is 5.32. The van der Waals surface area contributed by atoms with Gasteiger partial charge in [-0.25, -0.2) is 0 Å². The molecule has 1 aromatic rings. The molecule has 1 aliphatic carbocycles. The number of aliphatic imine (C=N–C) groups is 1. The van der Waals surface area contributed by atoms with Crippen LogP contribution >= 0.6 is 0 Å². The highest BCUT2D eigenvalue weighted by Gasteiger charge is 2.10. The molecule has 2 heteroatoms. The van der Waals surface area contributed by atoms with Crippen molar-refractivity contribution in [1.29, 1.82) is 0 Å². The lowest BCUT2D eigenvalue weighted by atomic mass is 9.97. The number of benzene rings is 1. The number of para-hydroxylation sites is 1. The molecule has 0 saturated carbocycles. The molecule has 2 rings (SSSR count). The molecule has 18 heavy (non-hydrogen) atoms. The van der Waals surface area contributed by atoms with Gasteiger partial charge in [0.1, 0.15) is 0 Å². The molecule has 1 unspecified atom stereocenters. The van der Waals surface area contributed by atoms with Crippen molar-refractivity contribution in [2.24, 2.45) is 10.7 Å². The first kappa shape index (κ1) is 12.8. The van der Waals surface area contributed by atoms with E-state index in [2.05, 4.69) is 45.0 Å². The predicted octanol–water partition coefficient (Wildman–Crippen LogP) is 3.61. The van der Waals surface area contributed by atoms with Crippen molar-refractivity contribution in [1.82, 2.24) is 0 Å². The van der Waals surface area contributed by atoms with Crippen molar-refractivity contribution in [3.8, 4) is 0 Å². The van der Waals surface area contributed by atoms with Crippen LogP contribution in [0, 0.1) is 13.8 Å². The van der Waals surface area contributed by atoms with Crippen LogP contribution in [0.2, 0.25) is 0 Å². The minimum atomic E-state index is 0.119. The Morgan fingerprint density at radius 3 is 2.56 bits per heavy atom. The van der Waals surface area contributed by atoms with Crippen molar-refractivity contribution >= 4 is 11.4 Å². The van der Waals surface area contributed by atoms with Gasteiger partial charge >= 0.3 is 0 Å². The normalized spacial score (nSPS) is 19.9. The number of allylic oxidation sites excluding steroid dienone is 2. The fourth-order valence-corrected chi connectivity index (χ4v) is 2.19. The van der Waals surface area contributed by atoms with Crippen LogP contribution in [-0.4, -0.2) is 11.8 Å². The summed E-state index contributed by atoms with van der Waals surface area (Å²) >= 11 is 0. The van der Waals surface area contributed by atoms with Gasteiger partial charge in [0.15, 0.2) is 0 Å². The molecule has 1 aliphatic rings. The molecule has 94 valence electrons. The Kier molecular flexibility index (Phi) is 3.78. The van der Waals surface area contributed by atoms with Crippen LogP contribution in [-0.2, 0) is 0 Å². The Bertz CT molecular complexity index is 516. The van der Waals surface area contributed by atoms with Gasteiger partial charge in [-0.3, -0.25) is 4.99 Å². The second-order valence-electron chi connectivity index (χ2n) is 4.88. The minimum absolute atomic E-state index is 0.119. The smallest absolute Gasteiger partial charge is 0.0691 e. The number of aryl methyl sites for hydroxylation is 2. The van der Waals surface area contributed by atoms with Crippen LogP contribution in [0.3, 0.4) is 0 Å². The van der Waals surface area contributed by atoms with Crippen LogP contribution < -0.4 is 5.73 Å². The number of rotatable bonds is 2. The topological polar surface area (TPSA) is 38.4 Å². The molecular formula is C16H20N2. The molecule has 2 nitrogen and oxygen atoms in total. The number of nitrogens with two attached hydrogens (primary N) is 1. The maximum Gasteiger partial charge on any atom is 0.0691 e. The van der Waals surface area contributed by atoms with Crippen LogP contribution in [0.25, 0.3) is 0 Å². The van der Waals surface area contributed by atoms with Crippen LogP contribution in [0.5, 0.6) is 0 Å². The summed E-state index contributed by atoms with van der Waals surface area (Å²) in [4.78, 5) is 4.78. The molecule has 0 spiro atoms. The Morgan fingerprint density at radius 1 is 1.28 bits per heavy atom. The van der Waals surface area contributed by atoms with Gasteiger partial charge in [0.25, 0.3) is 0 Å². The summed E-state index contributed by atoms with van der Waals surface area (Å²) in [6.07, 6.45) is 7.02. The van der Waals surface area contributed by atoms with E-state index < -0.39 is 0 Å². The van der Waals surface area contributed by atoms with Gasteiger partial charge in [0, 0.05) is 11.8 Å². The Morgan fingerprint density at radius 2 is 1.94 bits per heavy atom. The maximum atomic E-state index is 5.93. The molecule has 0 bridgehead atoms. The molecule has 0 saturated heterocycles. The summed E-state index contributed by atoms with van der Waals surface area (Å²) in [6, 6.07) is 6.38. The third-order valence-corrected chi connectivity index (χ3v) is 3.30. The lowest BCUT2D eigenvalue weighted by molar-refractivity contribution is 0.809. The van der Waals surface area contributed by atoms with Crippen molar-refractivity contribution in [2.45, 2.75) is 33.2 Å². The largest absolute Gasteiger partial charge is 0.324 e. The number of hydrogen-bond donors (Lipinski definition) is 1. The van der Waals surface area contributed by atoms with Gasteiger partial charge in [-0.05, 0) is 43.9 Å². The van der Waals surface area contributed by atoms with Gasteiger partial charge in [-0.15, -0.1) is 0 Å². The van der Waals surface area contributed by atoms with Gasteiger partial charge in [-0.2, -0.15) is 0 Å². The van der Waals surface area contributed by atoms with Crippen molar-refractivity contribution in [3.05, 3.63) is 53.1 Å².